The SMILES string of the molecule is CC(C)c1ccc(F)c(C(=O)N2CCCC2)c1. The van der Waals surface area contributed by atoms with Crippen LogP contribution in [0.5, 0.6) is 0 Å². The van der Waals surface area contributed by atoms with Crippen molar-refractivity contribution < 1.29 is 9.18 Å². The number of nitrogens with zero attached hydrogens (tertiary/aromatic N) is 1. The van der Waals surface area contributed by atoms with E-state index in [1.807, 2.05) is 13.8 Å². The van der Waals surface area contributed by atoms with Gasteiger partial charge in [-0.2, -0.15) is 0 Å². The summed E-state index contributed by atoms with van der Waals surface area (Å²) in [5, 5.41) is 0. The largest absolute Gasteiger partial charge is 0.339 e. The van der Waals surface area contributed by atoms with Crippen LogP contribution < -0.4 is 0 Å². The first-order chi connectivity index (χ1) is 8.09. The molecule has 1 fully saturated rings. The van der Waals surface area contributed by atoms with Crippen molar-refractivity contribution in [2.45, 2.75) is 32.6 Å². The van der Waals surface area contributed by atoms with Crippen molar-refractivity contribution in [2.24, 2.45) is 0 Å². The van der Waals surface area contributed by atoms with Crippen LogP contribution in [0.1, 0.15) is 48.5 Å². The zero-order chi connectivity index (χ0) is 12.4. The summed E-state index contributed by atoms with van der Waals surface area (Å²) >= 11 is 0. The minimum atomic E-state index is -0.411. The molecule has 2 nitrogen and oxygen atoms in total. The summed E-state index contributed by atoms with van der Waals surface area (Å²) in [6.07, 6.45) is 2.05. The summed E-state index contributed by atoms with van der Waals surface area (Å²) < 4.78 is 13.7. The number of hydrogen-bond donors (Lipinski definition) is 0. The Balaban J connectivity index is 2.29. The van der Waals surface area contributed by atoms with Crippen LogP contribution in [0.3, 0.4) is 0 Å². The van der Waals surface area contributed by atoms with Gasteiger partial charge in [-0.3, -0.25) is 4.79 Å². The molecule has 1 aromatic carbocycles. The Morgan fingerprint density at radius 3 is 2.53 bits per heavy atom. The average molecular weight is 235 g/mol. The van der Waals surface area contributed by atoms with E-state index in [4.69, 9.17) is 0 Å². The van der Waals surface area contributed by atoms with Gasteiger partial charge in [-0.15, -0.1) is 0 Å². The predicted molar refractivity (Wildman–Crippen MR) is 65.6 cm³/mol. The van der Waals surface area contributed by atoms with Gasteiger partial charge in [-0.1, -0.05) is 19.9 Å². The first-order valence-corrected chi connectivity index (χ1v) is 6.18. The first kappa shape index (κ1) is 12.1. The van der Waals surface area contributed by atoms with Gasteiger partial charge in [0.15, 0.2) is 0 Å². The Morgan fingerprint density at radius 1 is 1.29 bits per heavy atom. The summed E-state index contributed by atoms with van der Waals surface area (Å²) in [6.45, 7) is 5.59. The highest BCUT2D eigenvalue weighted by Crippen LogP contribution is 2.21. The molecule has 1 amide bonds. The van der Waals surface area contributed by atoms with E-state index >= 15 is 0 Å². The van der Waals surface area contributed by atoms with Crippen LogP contribution in [0.4, 0.5) is 4.39 Å². The highest BCUT2D eigenvalue weighted by atomic mass is 19.1. The van der Waals surface area contributed by atoms with Crippen molar-refractivity contribution in [3.05, 3.63) is 35.1 Å². The van der Waals surface area contributed by atoms with E-state index in [1.165, 1.54) is 6.07 Å². The quantitative estimate of drug-likeness (QED) is 0.771. The van der Waals surface area contributed by atoms with E-state index in [1.54, 1.807) is 17.0 Å². The Hall–Kier alpha value is -1.38. The number of carbonyl (C=O) groups excluding carboxylic acids is 1. The minimum absolute atomic E-state index is 0.164. The Morgan fingerprint density at radius 2 is 1.94 bits per heavy atom. The van der Waals surface area contributed by atoms with Crippen molar-refractivity contribution in [2.75, 3.05) is 13.1 Å². The lowest BCUT2D eigenvalue weighted by atomic mass is 10.00. The number of halogens is 1. The van der Waals surface area contributed by atoms with Crippen LogP contribution in [0, 0.1) is 5.82 Å². The van der Waals surface area contributed by atoms with Gasteiger partial charge < -0.3 is 4.90 Å². The molecule has 1 aromatic rings. The number of carbonyl (C=O) groups is 1. The molecule has 17 heavy (non-hydrogen) atoms. The molecular formula is C14H18FNO. The van der Waals surface area contributed by atoms with E-state index < -0.39 is 5.82 Å². The molecule has 1 saturated heterocycles. The maximum atomic E-state index is 13.7. The van der Waals surface area contributed by atoms with Crippen LogP contribution in [-0.4, -0.2) is 23.9 Å². The summed E-state index contributed by atoms with van der Waals surface area (Å²) in [5.41, 5.74) is 1.23. The van der Waals surface area contributed by atoms with Gasteiger partial charge in [0.25, 0.3) is 5.91 Å². The van der Waals surface area contributed by atoms with E-state index in [0.29, 0.717) is 5.92 Å². The standard InChI is InChI=1S/C14H18FNO/c1-10(2)11-5-6-13(15)12(9-11)14(17)16-7-3-4-8-16/h5-6,9-10H,3-4,7-8H2,1-2H3. The number of likely N-dealkylation sites (tertiary alicyclic amines) is 1. The van der Waals surface area contributed by atoms with E-state index in [-0.39, 0.29) is 11.5 Å². The molecule has 0 N–H and O–H groups in total. The van der Waals surface area contributed by atoms with Gasteiger partial charge in [-0.05, 0) is 36.5 Å². The molecule has 3 heteroatoms. The zero-order valence-corrected chi connectivity index (χ0v) is 10.4. The van der Waals surface area contributed by atoms with Gasteiger partial charge in [0.1, 0.15) is 5.82 Å². The molecule has 0 saturated carbocycles. The third-order valence-corrected chi connectivity index (χ3v) is 3.28. The Kier molecular flexibility index (Phi) is 3.46. The molecule has 0 aromatic heterocycles. The number of rotatable bonds is 2. The second-order valence-electron chi connectivity index (χ2n) is 4.89. The molecule has 92 valence electrons. The van der Waals surface area contributed by atoms with Gasteiger partial charge in [-0.25, -0.2) is 4.39 Å². The zero-order valence-electron chi connectivity index (χ0n) is 10.4. The van der Waals surface area contributed by atoms with Crippen LogP contribution in [-0.2, 0) is 0 Å². The van der Waals surface area contributed by atoms with Crippen molar-refractivity contribution in [1.82, 2.24) is 4.90 Å². The third-order valence-electron chi connectivity index (χ3n) is 3.28. The number of amides is 1. The van der Waals surface area contributed by atoms with Crippen molar-refractivity contribution in [1.29, 1.82) is 0 Å². The minimum Gasteiger partial charge on any atom is -0.339 e. The maximum Gasteiger partial charge on any atom is 0.256 e. The molecule has 2 rings (SSSR count). The molecule has 1 heterocycles. The number of hydrogen-bond acceptors (Lipinski definition) is 1. The summed E-state index contributed by atoms with van der Waals surface area (Å²) in [6, 6.07) is 4.85. The highest BCUT2D eigenvalue weighted by molar-refractivity contribution is 5.94. The van der Waals surface area contributed by atoms with Crippen molar-refractivity contribution in [3.63, 3.8) is 0 Å². The van der Waals surface area contributed by atoms with E-state index in [0.717, 1.165) is 31.5 Å². The molecule has 0 spiro atoms. The molecule has 1 aliphatic rings. The Bertz CT molecular complexity index is 422. The summed E-state index contributed by atoms with van der Waals surface area (Å²) in [4.78, 5) is 13.9. The molecule has 0 atom stereocenters. The fraction of sp³-hybridized carbons (Fsp3) is 0.500. The fourth-order valence-electron chi connectivity index (χ4n) is 2.16. The van der Waals surface area contributed by atoms with Gasteiger partial charge in [0.2, 0.25) is 0 Å². The van der Waals surface area contributed by atoms with Crippen LogP contribution >= 0.6 is 0 Å². The Labute approximate surface area is 101 Å². The lowest BCUT2D eigenvalue weighted by Crippen LogP contribution is -2.28. The second kappa shape index (κ2) is 4.86. The highest BCUT2D eigenvalue weighted by Gasteiger charge is 2.22. The normalized spacial score (nSPS) is 15.6. The van der Waals surface area contributed by atoms with Crippen LogP contribution in [0.2, 0.25) is 0 Å². The monoisotopic (exact) mass is 235 g/mol. The lowest BCUT2D eigenvalue weighted by Gasteiger charge is -2.16. The third kappa shape index (κ3) is 2.48. The molecule has 0 bridgehead atoms. The predicted octanol–water partition coefficient (Wildman–Crippen LogP) is 3.19. The van der Waals surface area contributed by atoms with Crippen molar-refractivity contribution >= 4 is 5.91 Å². The maximum absolute atomic E-state index is 13.7. The smallest absolute Gasteiger partial charge is 0.256 e. The van der Waals surface area contributed by atoms with E-state index in [9.17, 15) is 9.18 Å². The van der Waals surface area contributed by atoms with Crippen molar-refractivity contribution in [3.8, 4) is 0 Å². The van der Waals surface area contributed by atoms with Crippen LogP contribution in [0.25, 0.3) is 0 Å². The topological polar surface area (TPSA) is 20.3 Å². The summed E-state index contributed by atoms with van der Waals surface area (Å²) in [7, 11) is 0. The summed E-state index contributed by atoms with van der Waals surface area (Å²) in [5.74, 6) is -0.269. The molecule has 0 radical (unpaired) electrons. The van der Waals surface area contributed by atoms with E-state index in [2.05, 4.69) is 0 Å². The first-order valence-electron chi connectivity index (χ1n) is 6.18. The lowest BCUT2D eigenvalue weighted by molar-refractivity contribution is 0.0788. The van der Waals surface area contributed by atoms with Gasteiger partial charge in [0, 0.05) is 13.1 Å². The fourth-order valence-corrected chi connectivity index (χ4v) is 2.16. The average Bonchev–Trinajstić information content (AvgIpc) is 2.81. The molecule has 0 aliphatic carbocycles. The molecule has 0 unspecified atom stereocenters. The second-order valence-corrected chi connectivity index (χ2v) is 4.89. The molecule has 1 aliphatic heterocycles. The number of benzene rings is 1. The molecular weight excluding hydrogens is 217 g/mol. The van der Waals surface area contributed by atoms with Gasteiger partial charge in [0.05, 0.1) is 5.56 Å². The van der Waals surface area contributed by atoms with Gasteiger partial charge >= 0.3 is 0 Å². The van der Waals surface area contributed by atoms with Crippen LogP contribution in [0.15, 0.2) is 18.2 Å².